The van der Waals surface area contributed by atoms with E-state index in [1.54, 1.807) is 11.5 Å². The molecule has 7 atom stereocenters. The first-order valence-electron chi connectivity index (χ1n) is 11.7. The summed E-state index contributed by atoms with van der Waals surface area (Å²) in [5, 5.41) is 20.2. The molecule has 0 bridgehead atoms. The molecule has 0 amide bonds. The van der Waals surface area contributed by atoms with Crippen LogP contribution in [0.1, 0.15) is 31.1 Å². The summed E-state index contributed by atoms with van der Waals surface area (Å²) in [4.78, 5) is 42.5. The maximum Gasteiger partial charge on any atom is 0.354 e. The van der Waals surface area contributed by atoms with Crippen molar-refractivity contribution < 1.29 is 33.3 Å². The monoisotopic (exact) mass is 554 g/mol. The van der Waals surface area contributed by atoms with Crippen LogP contribution in [0.3, 0.4) is 0 Å². The number of H-pyrrole nitrogens is 1. The van der Waals surface area contributed by atoms with Gasteiger partial charge in [-0.15, -0.1) is 0 Å². The Balaban J connectivity index is 1.23. The molecule has 5 heterocycles. The van der Waals surface area contributed by atoms with Crippen LogP contribution in [-0.4, -0.2) is 88.6 Å². The van der Waals surface area contributed by atoms with Crippen LogP contribution in [0.2, 0.25) is 0 Å². The second-order valence-corrected chi connectivity index (χ2v) is 11.1. The molecule has 0 aromatic carbocycles. The molecule has 17 nitrogen and oxygen atoms in total. The van der Waals surface area contributed by atoms with Gasteiger partial charge in [-0.1, -0.05) is 0 Å². The number of aliphatic hydroxyl groups excluding tert-OH is 2. The average Bonchev–Trinajstić information content (AvgIpc) is 3.54. The predicted molar refractivity (Wildman–Crippen MR) is 128 cm³/mol. The van der Waals surface area contributed by atoms with Gasteiger partial charge in [-0.3, -0.25) is 18.5 Å². The van der Waals surface area contributed by atoms with Crippen LogP contribution in [0.4, 0.5) is 5.95 Å². The Morgan fingerprint density at radius 1 is 1.16 bits per heavy atom. The van der Waals surface area contributed by atoms with E-state index in [-0.39, 0.29) is 30.9 Å². The average molecular weight is 554 g/mol. The van der Waals surface area contributed by atoms with Crippen molar-refractivity contribution in [3.63, 3.8) is 0 Å². The summed E-state index contributed by atoms with van der Waals surface area (Å²) in [5.41, 5.74) is 4.75. The number of nitrogens with zero attached hydrogens (tertiary/aromatic N) is 6. The first-order valence-corrected chi connectivity index (χ1v) is 13.7. The minimum absolute atomic E-state index is 0.0516. The topological polar surface area (TPSA) is 232 Å². The highest BCUT2D eigenvalue weighted by Gasteiger charge is 2.42. The van der Waals surface area contributed by atoms with Crippen molar-refractivity contribution in [3.8, 4) is 0 Å². The van der Waals surface area contributed by atoms with E-state index in [2.05, 4.69) is 24.9 Å². The molecule has 38 heavy (non-hydrogen) atoms. The molecule has 3 aromatic rings. The Bertz CT molecular complexity index is 1490. The van der Waals surface area contributed by atoms with E-state index in [4.69, 9.17) is 24.3 Å². The van der Waals surface area contributed by atoms with E-state index in [0.717, 1.165) is 4.57 Å². The molecule has 0 spiro atoms. The standard InChI is InChI=1S/C20H27N8O9P/c1-9-24-17-16(18(31)25-9)22-7-27(17)15-4-11(12(5-29)35-15)37-38(2,33)34-6-13-10(30)3-14(36-13)28-8-23-19(21)26-20(28)32/h7-8,10-15,29-30H,3-6H2,1-2H3,(H2,21,26,32)(H,24,25,31)/t10-,11-,12-,13-,14-,15-,38?/m1/s1. The Hall–Kier alpha value is -3.05. The van der Waals surface area contributed by atoms with Gasteiger partial charge < -0.3 is 39.5 Å². The number of aryl methyl sites for hydroxylation is 1. The summed E-state index contributed by atoms with van der Waals surface area (Å²) in [6.45, 7) is 2.17. The molecule has 0 radical (unpaired) electrons. The van der Waals surface area contributed by atoms with Gasteiger partial charge in [0.15, 0.2) is 11.2 Å². The number of nitrogens with one attached hydrogen (secondary N) is 1. The highest BCUT2D eigenvalue weighted by molar-refractivity contribution is 7.53. The van der Waals surface area contributed by atoms with Gasteiger partial charge in [0.25, 0.3) is 5.56 Å². The molecule has 2 saturated heterocycles. The summed E-state index contributed by atoms with van der Waals surface area (Å²) < 4.78 is 38.6. The van der Waals surface area contributed by atoms with Crippen molar-refractivity contribution >= 4 is 24.7 Å². The lowest BCUT2D eigenvalue weighted by Crippen LogP contribution is -2.30. The minimum Gasteiger partial charge on any atom is -0.394 e. The fourth-order valence-electron chi connectivity index (χ4n) is 4.47. The number of rotatable bonds is 8. The maximum atomic E-state index is 13.1. The predicted octanol–water partition coefficient (Wildman–Crippen LogP) is -1.18. The molecular weight excluding hydrogens is 527 g/mol. The summed E-state index contributed by atoms with van der Waals surface area (Å²) in [6, 6.07) is 0. The SMILES string of the molecule is Cc1nc2c(ncn2[C@H]2C[C@@H](OP(C)(=O)OC[C@H]3O[C@@H](n4cnc(N)nc4=O)C[C@H]3O)[C@@H](CO)O2)c(=O)[nH]1. The molecule has 5 rings (SSSR count). The van der Waals surface area contributed by atoms with E-state index in [1.807, 2.05) is 0 Å². The lowest BCUT2D eigenvalue weighted by molar-refractivity contribution is -0.0512. The Kier molecular flexibility index (Phi) is 7.17. The molecule has 2 aliphatic heterocycles. The Morgan fingerprint density at radius 3 is 2.61 bits per heavy atom. The summed E-state index contributed by atoms with van der Waals surface area (Å²) in [7, 11) is -3.73. The number of imidazole rings is 1. The van der Waals surface area contributed by atoms with Crippen LogP contribution in [0.15, 0.2) is 22.2 Å². The number of hydrogen-bond acceptors (Lipinski definition) is 14. The van der Waals surface area contributed by atoms with Gasteiger partial charge in [0.05, 0.1) is 31.7 Å². The van der Waals surface area contributed by atoms with Gasteiger partial charge in [0, 0.05) is 19.5 Å². The fourth-order valence-corrected chi connectivity index (χ4v) is 5.66. The third-order valence-corrected chi connectivity index (χ3v) is 7.55. The molecule has 2 fully saturated rings. The number of ether oxygens (including phenoxy) is 2. The third kappa shape index (κ3) is 5.26. The van der Waals surface area contributed by atoms with Gasteiger partial charge in [-0.05, 0) is 6.92 Å². The van der Waals surface area contributed by atoms with Crippen molar-refractivity contribution in [2.45, 2.75) is 56.6 Å². The zero-order chi connectivity index (χ0) is 27.2. The summed E-state index contributed by atoms with van der Waals surface area (Å²) in [6.07, 6.45) is -2.37. The Morgan fingerprint density at radius 2 is 1.87 bits per heavy atom. The van der Waals surface area contributed by atoms with Gasteiger partial charge in [0.2, 0.25) is 5.95 Å². The van der Waals surface area contributed by atoms with Gasteiger partial charge in [0.1, 0.15) is 36.8 Å². The van der Waals surface area contributed by atoms with Gasteiger partial charge in [-0.2, -0.15) is 4.98 Å². The molecular formula is C20H27N8O9P. The second-order valence-electron chi connectivity index (χ2n) is 9.07. The number of fused-ring (bicyclic) bond motifs is 1. The van der Waals surface area contributed by atoms with Crippen molar-refractivity contribution in [1.29, 1.82) is 0 Å². The van der Waals surface area contributed by atoms with Crippen molar-refractivity contribution in [1.82, 2.24) is 34.1 Å². The van der Waals surface area contributed by atoms with Crippen molar-refractivity contribution in [2.24, 2.45) is 0 Å². The quantitative estimate of drug-likeness (QED) is 0.240. The van der Waals surface area contributed by atoms with Gasteiger partial charge >= 0.3 is 13.3 Å². The van der Waals surface area contributed by atoms with Crippen LogP contribution in [0.5, 0.6) is 0 Å². The number of nitrogens with two attached hydrogens (primary N) is 1. The van der Waals surface area contributed by atoms with Crippen LogP contribution in [-0.2, 0) is 23.1 Å². The van der Waals surface area contributed by atoms with E-state index >= 15 is 0 Å². The summed E-state index contributed by atoms with van der Waals surface area (Å²) >= 11 is 0. The van der Waals surface area contributed by atoms with Gasteiger partial charge in [-0.25, -0.2) is 19.7 Å². The van der Waals surface area contributed by atoms with Crippen molar-refractivity contribution in [2.75, 3.05) is 25.6 Å². The van der Waals surface area contributed by atoms with E-state index in [9.17, 15) is 24.4 Å². The first-order chi connectivity index (χ1) is 18.0. The van der Waals surface area contributed by atoms with Crippen LogP contribution < -0.4 is 17.0 Å². The highest BCUT2D eigenvalue weighted by Crippen LogP contribution is 2.49. The van der Waals surface area contributed by atoms with Crippen LogP contribution >= 0.6 is 7.60 Å². The second kappa shape index (κ2) is 10.3. The highest BCUT2D eigenvalue weighted by atomic mass is 31.2. The molecule has 0 saturated carbocycles. The van der Waals surface area contributed by atoms with Crippen LogP contribution in [0.25, 0.3) is 11.2 Å². The zero-order valence-electron chi connectivity index (χ0n) is 20.4. The number of aromatic amines is 1. The lowest BCUT2D eigenvalue weighted by atomic mass is 10.2. The van der Waals surface area contributed by atoms with E-state index in [0.29, 0.717) is 11.5 Å². The van der Waals surface area contributed by atoms with E-state index < -0.39 is 62.3 Å². The van der Waals surface area contributed by atoms with Crippen LogP contribution in [0, 0.1) is 6.92 Å². The lowest BCUT2D eigenvalue weighted by Gasteiger charge is -2.23. The normalized spacial score (nSPS) is 29.2. The first kappa shape index (κ1) is 26.6. The molecule has 18 heteroatoms. The van der Waals surface area contributed by atoms with Crippen molar-refractivity contribution in [3.05, 3.63) is 39.3 Å². The number of aliphatic hydroxyl groups is 2. The fraction of sp³-hybridized carbons (Fsp3) is 0.600. The van der Waals surface area contributed by atoms with E-state index in [1.165, 1.54) is 19.3 Å². The number of aromatic nitrogens is 7. The maximum absolute atomic E-state index is 13.1. The molecule has 206 valence electrons. The molecule has 0 aliphatic carbocycles. The number of anilines is 1. The largest absolute Gasteiger partial charge is 0.394 e. The Labute approximate surface area is 214 Å². The molecule has 3 aromatic heterocycles. The number of hydrogen-bond donors (Lipinski definition) is 4. The summed E-state index contributed by atoms with van der Waals surface area (Å²) in [5.74, 6) is 0.210. The minimum atomic E-state index is -3.73. The number of nitrogen functional groups attached to an aromatic ring is 1. The molecule has 1 unspecified atom stereocenters. The molecule has 2 aliphatic rings. The smallest absolute Gasteiger partial charge is 0.354 e. The molecule has 5 N–H and O–H groups in total. The third-order valence-electron chi connectivity index (χ3n) is 6.28. The zero-order valence-corrected chi connectivity index (χ0v) is 21.3.